The molecule has 0 aromatic heterocycles. The summed E-state index contributed by atoms with van der Waals surface area (Å²) in [6.45, 7) is 2.67. The maximum Gasteiger partial charge on any atom is 0.326 e. The monoisotopic (exact) mass is 294 g/mol. The van der Waals surface area contributed by atoms with E-state index >= 15 is 0 Å². The van der Waals surface area contributed by atoms with E-state index in [0.29, 0.717) is 18.7 Å². The molecule has 18 heavy (non-hydrogen) atoms. The minimum absolute atomic E-state index is 0.398. The zero-order valence-corrected chi connectivity index (χ0v) is 12.5. The van der Waals surface area contributed by atoms with E-state index in [1.165, 1.54) is 0 Å². The zero-order valence-electron chi connectivity index (χ0n) is 10.9. The molecule has 0 rings (SSSR count). The molecule has 0 spiro atoms. The topological polar surface area (TPSA) is 78.4 Å². The maximum absolute atomic E-state index is 11.5. The van der Waals surface area contributed by atoms with E-state index < -0.39 is 18.0 Å². The number of hydrogen-bond acceptors (Lipinski definition) is 4. The first-order chi connectivity index (χ1) is 8.61. The van der Waals surface area contributed by atoms with Gasteiger partial charge in [0, 0.05) is 6.54 Å². The molecule has 0 radical (unpaired) electrons. The minimum atomic E-state index is -0.985. The van der Waals surface area contributed by atoms with Crippen molar-refractivity contribution in [3.8, 4) is 0 Å². The molecule has 0 fully saturated rings. The normalized spacial score (nSPS) is 11.9. The van der Waals surface area contributed by atoms with Crippen molar-refractivity contribution in [2.45, 2.75) is 25.8 Å². The lowest BCUT2D eigenvalue weighted by molar-refractivity contribution is -0.139. The van der Waals surface area contributed by atoms with E-state index in [1.54, 1.807) is 11.8 Å². The smallest absolute Gasteiger partial charge is 0.326 e. The van der Waals surface area contributed by atoms with Gasteiger partial charge in [0.15, 0.2) is 0 Å². The van der Waals surface area contributed by atoms with Crippen molar-refractivity contribution < 1.29 is 14.7 Å². The van der Waals surface area contributed by atoms with Gasteiger partial charge in [-0.25, -0.2) is 9.59 Å². The van der Waals surface area contributed by atoms with Crippen LogP contribution >= 0.6 is 23.5 Å². The second-order valence-corrected chi connectivity index (χ2v) is 6.00. The highest BCUT2D eigenvalue weighted by Crippen LogP contribution is 2.01. The summed E-state index contributed by atoms with van der Waals surface area (Å²) in [6, 6.07) is -1.20. The summed E-state index contributed by atoms with van der Waals surface area (Å²) in [7, 11) is 0. The summed E-state index contributed by atoms with van der Waals surface area (Å²) in [5.74, 6) is 1.80. The van der Waals surface area contributed by atoms with Crippen LogP contribution in [0.25, 0.3) is 0 Å². The number of carbonyl (C=O) groups excluding carboxylic acids is 1. The summed E-state index contributed by atoms with van der Waals surface area (Å²) in [4.78, 5) is 22.4. The number of nitrogens with one attached hydrogen (secondary N) is 2. The molecule has 0 aromatic carbocycles. The minimum Gasteiger partial charge on any atom is -0.480 e. The highest BCUT2D eigenvalue weighted by Gasteiger charge is 2.18. The Morgan fingerprint density at radius 3 is 2.61 bits per heavy atom. The molecule has 106 valence electrons. The second kappa shape index (κ2) is 11.5. The number of carbonyl (C=O) groups is 2. The highest BCUT2D eigenvalue weighted by atomic mass is 32.2. The molecule has 0 saturated heterocycles. The maximum atomic E-state index is 11.5. The predicted octanol–water partition coefficient (Wildman–Crippen LogP) is 1.64. The van der Waals surface area contributed by atoms with Gasteiger partial charge >= 0.3 is 12.0 Å². The molecule has 2 amide bonds. The molecule has 0 heterocycles. The summed E-state index contributed by atoms with van der Waals surface area (Å²) < 4.78 is 0. The molecule has 0 aromatic rings. The van der Waals surface area contributed by atoms with Crippen LogP contribution in [0.3, 0.4) is 0 Å². The van der Waals surface area contributed by atoms with E-state index in [4.69, 9.17) is 5.11 Å². The van der Waals surface area contributed by atoms with Crippen molar-refractivity contribution in [2.75, 3.05) is 30.1 Å². The van der Waals surface area contributed by atoms with Crippen molar-refractivity contribution >= 4 is 35.5 Å². The zero-order chi connectivity index (χ0) is 13.8. The van der Waals surface area contributed by atoms with Crippen molar-refractivity contribution in [1.29, 1.82) is 0 Å². The molecule has 0 unspecified atom stereocenters. The Morgan fingerprint density at radius 1 is 1.33 bits per heavy atom. The highest BCUT2D eigenvalue weighted by molar-refractivity contribution is 7.99. The van der Waals surface area contributed by atoms with Crippen LogP contribution in [-0.2, 0) is 4.79 Å². The number of carboxylic acids is 1. The Balaban J connectivity index is 3.77. The van der Waals surface area contributed by atoms with Crippen LogP contribution in [0.4, 0.5) is 4.79 Å². The third-order valence-electron chi connectivity index (χ3n) is 2.17. The number of amides is 2. The number of aliphatic carboxylic acids is 1. The van der Waals surface area contributed by atoms with Crippen LogP contribution in [0.1, 0.15) is 19.8 Å². The van der Waals surface area contributed by atoms with Gasteiger partial charge in [0.1, 0.15) is 6.04 Å². The predicted molar refractivity (Wildman–Crippen MR) is 78.6 cm³/mol. The molecule has 7 heteroatoms. The van der Waals surface area contributed by atoms with Gasteiger partial charge in [0.25, 0.3) is 0 Å². The Labute approximate surface area is 117 Å². The van der Waals surface area contributed by atoms with Gasteiger partial charge in [-0.2, -0.15) is 23.5 Å². The Bertz CT molecular complexity index is 252. The molecule has 3 N–H and O–H groups in total. The lowest BCUT2D eigenvalue weighted by Crippen LogP contribution is -2.46. The average molecular weight is 294 g/mol. The lowest BCUT2D eigenvalue weighted by Gasteiger charge is -2.14. The van der Waals surface area contributed by atoms with Gasteiger partial charge in [-0.1, -0.05) is 6.92 Å². The van der Waals surface area contributed by atoms with Crippen LogP contribution in [0.15, 0.2) is 0 Å². The fraction of sp³-hybridized carbons (Fsp3) is 0.818. The molecule has 5 nitrogen and oxygen atoms in total. The fourth-order valence-corrected chi connectivity index (χ4v) is 2.33. The Hall–Kier alpha value is -0.560. The average Bonchev–Trinajstić information content (AvgIpc) is 2.33. The van der Waals surface area contributed by atoms with Crippen molar-refractivity contribution in [3.63, 3.8) is 0 Å². The van der Waals surface area contributed by atoms with Crippen molar-refractivity contribution in [1.82, 2.24) is 10.6 Å². The van der Waals surface area contributed by atoms with E-state index in [0.717, 1.165) is 17.9 Å². The third-order valence-corrected chi connectivity index (χ3v) is 3.80. The van der Waals surface area contributed by atoms with Crippen LogP contribution < -0.4 is 10.6 Å². The summed E-state index contributed by atoms with van der Waals surface area (Å²) in [5.41, 5.74) is 0. The van der Waals surface area contributed by atoms with E-state index in [1.807, 2.05) is 18.0 Å². The molecule has 0 aliphatic carbocycles. The first-order valence-electron chi connectivity index (χ1n) is 5.95. The molecule has 0 aliphatic heterocycles. The number of thioether (sulfide) groups is 2. The molecule has 1 atom stereocenters. The van der Waals surface area contributed by atoms with Crippen LogP contribution in [0, 0.1) is 0 Å². The molecule has 0 aliphatic rings. The first kappa shape index (κ1) is 17.4. The Morgan fingerprint density at radius 2 is 2.06 bits per heavy atom. The second-order valence-electron chi connectivity index (χ2n) is 3.62. The van der Waals surface area contributed by atoms with Gasteiger partial charge in [-0.3, -0.25) is 0 Å². The first-order valence-corrected chi connectivity index (χ1v) is 8.50. The lowest BCUT2D eigenvalue weighted by atomic mass is 10.2. The fourth-order valence-electron chi connectivity index (χ4n) is 1.22. The van der Waals surface area contributed by atoms with Crippen molar-refractivity contribution in [2.24, 2.45) is 0 Å². The van der Waals surface area contributed by atoms with Gasteiger partial charge < -0.3 is 15.7 Å². The molecule has 0 bridgehead atoms. The number of carboxylic acid groups (broad SMARTS) is 1. The SMILES string of the molecule is CCSCCCNC(=O)N[C@@H](CCSC)C(=O)O. The summed E-state index contributed by atoms with van der Waals surface area (Å²) in [5, 5.41) is 14.1. The standard InChI is InChI=1S/C11H22N2O3S2/c1-3-18-7-4-6-12-11(16)13-9(10(14)15)5-8-17-2/h9H,3-8H2,1-2H3,(H,14,15)(H2,12,13,16)/t9-/m0/s1. The molecule has 0 saturated carbocycles. The van der Waals surface area contributed by atoms with Gasteiger partial charge in [-0.15, -0.1) is 0 Å². The van der Waals surface area contributed by atoms with E-state index in [-0.39, 0.29) is 0 Å². The largest absolute Gasteiger partial charge is 0.480 e. The Kier molecular flexibility index (Phi) is 11.2. The molecular weight excluding hydrogens is 272 g/mol. The number of hydrogen-bond donors (Lipinski definition) is 3. The molecular formula is C11H22N2O3S2. The van der Waals surface area contributed by atoms with Crippen LogP contribution in [0.5, 0.6) is 0 Å². The van der Waals surface area contributed by atoms with E-state index in [2.05, 4.69) is 17.6 Å². The van der Waals surface area contributed by atoms with Crippen molar-refractivity contribution in [3.05, 3.63) is 0 Å². The summed E-state index contributed by atoms with van der Waals surface area (Å²) >= 11 is 3.38. The van der Waals surface area contributed by atoms with E-state index in [9.17, 15) is 9.59 Å². The number of urea groups is 1. The van der Waals surface area contributed by atoms with Gasteiger partial charge in [-0.05, 0) is 36.4 Å². The van der Waals surface area contributed by atoms with Gasteiger partial charge in [0.2, 0.25) is 0 Å². The quantitative estimate of drug-likeness (QED) is 0.534. The third kappa shape index (κ3) is 9.47. The summed E-state index contributed by atoms with van der Waals surface area (Å²) in [6.07, 6.45) is 3.24. The van der Waals surface area contributed by atoms with Crippen LogP contribution in [0.2, 0.25) is 0 Å². The van der Waals surface area contributed by atoms with Crippen LogP contribution in [-0.4, -0.2) is 53.2 Å². The number of rotatable bonds is 10. The van der Waals surface area contributed by atoms with Gasteiger partial charge in [0.05, 0.1) is 0 Å².